The van der Waals surface area contributed by atoms with Crippen LogP contribution in [0, 0.1) is 0 Å². The van der Waals surface area contributed by atoms with Crippen LogP contribution in [0.1, 0.15) is 23.7 Å². The zero-order chi connectivity index (χ0) is 23.3. The van der Waals surface area contributed by atoms with Gasteiger partial charge in [-0.05, 0) is 48.6 Å². The van der Waals surface area contributed by atoms with Crippen LogP contribution in [0.2, 0.25) is 10.0 Å². The Kier molecular flexibility index (Phi) is 8.17. The van der Waals surface area contributed by atoms with Gasteiger partial charge in [-0.15, -0.1) is 0 Å². The van der Waals surface area contributed by atoms with Crippen molar-refractivity contribution in [3.63, 3.8) is 0 Å². The highest BCUT2D eigenvalue weighted by molar-refractivity contribution is 7.80. The van der Waals surface area contributed by atoms with Crippen molar-refractivity contribution < 1.29 is 14.3 Å². The Morgan fingerprint density at radius 3 is 2.19 bits per heavy atom. The minimum atomic E-state index is -0.440. The normalized spacial score (nSPS) is 13.5. The summed E-state index contributed by atoms with van der Waals surface area (Å²) in [4.78, 5) is 28.4. The fraction of sp³-hybridized carbons (Fsp3) is 0.318. The first-order valence-corrected chi connectivity index (χ1v) is 11.3. The number of ether oxygens (including phenoxy) is 1. The lowest BCUT2D eigenvalue weighted by molar-refractivity contribution is -0.131. The van der Waals surface area contributed by atoms with Gasteiger partial charge in [0, 0.05) is 49.5 Å². The van der Waals surface area contributed by atoms with Crippen LogP contribution < -0.4 is 20.3 Å². The van der Waals surface area contributed by atoms with E-state index in [0.29, 0.717) is 12.2 Å². The van der Waals surface area contributed by atoms with Gasteiger partial charge in [-0.25, -0.2) is 0 Å². The summed E-state index contributed by atoms with van der Waals surface area (Å²) in [6.45, 7) is 4.92. The van der Waals surface area contributed by atoms with Crippen LogP contribution in [0.5, 0.6) is 5.75 Å². The molecule has 7 nitrogen and oxygen atoms in total. The number of piperazine rings is 1. The Bertz CT molecular complexity index is 986. The highest BCUT2D eigenvalue weighted by atomic mass is 35.5. The molecule has 1 heterocycles. The first-order chi connectivity index (χ1) is 15.3. The molecule has 0 spiro atoms. The predicted octanol–water partition coefficient (Wildman–Crippen LogP) is 4.19. The number of rotatable bonds is 5. The third-order valence-electron chi connectivity index (χ3n) is 5.12. The molecule has 32 heavy (non-hydrogen) atoms. The lowest BCUT2D eigenvalue weighted by Crippen LogP contribution is -2.48. The number of carbonyl (C=O) groups excluding carboxylic acids is 2. The first-order valence-electron chi connectivity index (χ1n) is 10.1. The smallest absolute Gasteiger partial charge is 0.257 e. The zero-order valence-corrected chi connectivity index (χ0v) is 20.1. The predicted molar refractivity (Wildman–Crippen MR) is 132 cm³/mol. The van der Waals surface area contributed by atoms with Crippen LogP contribution in [-0.4, -0.2) is 55.1 Å². The van der Waals surface area contributed by atoms with Crippen LogP contribution in [0.3, 0.4) is 0 Å². The number of methoxy groups -OCH3 is 1. The van der Waals surface area contributed by atoms with E-state index in [9.17, 15) is 9.59 Å². The highest BCUT2D eigenvalue weighted by Crippen LogP contribution is 2.33. The highest BCUT2D eigenvalue weighted by Gasteiger charge is 2.20. The van der Waals surface area contributed by atoms with Gasteiger partial charge in [0.1, 0.15) is 0 Å². The van der Waals surface area contributed by atoms with Crippen LogP contribution >= 0.6 is 35.4 Å². The maximum atomic E-state index is 12.5. The average molecular weight is 495 g/mol. The van der Waals surface area contributed by atoms with Gasteiger partial charge in [-0.3, -0.25) is 14.9 Å². The molecule has 2 amide bonds. The fourth-order valence-electron chi connectivity index (χ4n) is 3.42. The van der Waals surface area contributed by atoms with Crippen LogP contribution in [0.15, 0.2) is 36.4 Å². The molecule has 10 heteroatoms. The maximum Gasteiger partial charge on any atom is 0.257 e. The maximum absolute atomic E-state index is 12.5. The molecule has 0 unspecified atom stereocenters. The molecule has 2 N–H and O–H groups in total. The first kappa shape index (κ1) is 24.1. The summed E-state index contributed by atoms with van der Waals surface area (Å²) >= 11 is 17.4. The van der Waals surface area contributed by atoms with Gasteiger partial charge in [-0.2, -0.15) is 0 Å². The number of carbonyl (C=O) groups is 2. The Hall–Kier alpha value is -2.55. The van der Waals surface area contributed by atoms with E-state index in [2.05, 4.69) is 15.5 Å². The molecule has 0 saturated carbocycles. The molecule has 1 aliphatic heterocycles. The Labute approximate surface area is 202 Å². The van der Waals surface area contributed by atoms with Gasteiger partial charge in [-0.1, -0.05) is 30.1 Å². The van der Waals surface area contributed by atoms with Crippen molar-refractivity contribution in [2.45, 2.75) is 13.3 Å². The van der Waals surface area contributed by atoms with E-state index in [1.54, 1.807) is 0 Å². The molecule has 0 radical (unpaired) electrons. The molecular formula is C22H24Cl2N4O3S. The Morgan fingerprint density at radius 2 is 1.66 bits per heavy atom. The molecule has 3 rings (SSSR count). The molecule has 0 atom stereocenters. The molecule has 1 fully saturated rings. The van der Waals surface area contributed by atoms with Gasteiger partial charge >= 0.3 is 0 Å². The summed E-state index contributed by atoms with van der Waals surface area (Å²) in [5.74, 6) is 0.0630. The molecule has 2 aromatic rings. The average Bonchev–Trinajstić information content (AvgIpc) is 2.79. The lowest BCUT2D eigenvalue weighted by atomic mass is 10.2. The summed E-state index contributed by atoms with van der Waals surface area (Å²) < 4.78 is 5.09. The van der Waals surface area contributed by atoms with E-state index in [0.717, 1.165) is 37.6 Å². The van der Waals surface area contributed by atoms with Gasteiger partial charge in [0.2, 0.25) is 5.91 Å². The summed E-state index contributed by atoms with van der Waals surface area (Å²) in [6.07, 6.45) is 0.537. The minimum Gasteiger partial charge on any atom is -0.494 e. The van der Waals surface area contributed by atoms with E-state index in [1.807, 2.05) is 36.1 Å². The van der Waals surface area contributed by atoms with Gasteiger partial charge < -0.3 is 19.9 Å². The topological polar surface area (TPSA) is 73.9 Å². The van der Waals surface area contributed by atoms with Crippen LogP contribution in [-0.2, 0) is 4.79 Å². The van der Waals surface area contributed by atoms with E-state index in [4.69, 9.17) is 40.2 Å². The van der Waals surface area contributed by atoms with E-state index in [-0.39, 0.29) is 26.6 Å². The molecule has 0 bridgehead atoms. The second-order valence-corrected chi connectivity index (χ2v) is 8.37. The zero-order valence-electron chi connectivity index (χ0n) is 17.8. The molecule has 2 aromatic carbocycles. The summed E-state index contributed by atoms with van der Waals surface area (Å²) in [5.41, 5.74) is 2.07. The molecule has 0 aliphatic carbocycles. The standard InChI is InChI=1S/C22H24Cl2N4O3S/c1-3-19(29)28-10-8-27(9-11-28)16-6-4-15(5-7-16)25-22(32)26-21(30)14-12-17(23)20(31-2)18(24)13-14/h4-7,12-13H,3,8-11H2,1-2H3,(H2,25,26,30,32). The number of anilines is 2. The largest absolute Gasteiger partial charge is 0.494 e. The van der Waals surface area contributed by atoms with Crippen molar-refractivity contribution in [1.82, 2.24) is 10.2 Å². The van der Waals surface area contributed by atoms with Crippen molar-refractivity contribution in [1.29, 1.82) is 0 Å². The molecule has 0 aromatic heterocycles. The van der Waals surface area contributed by atoms with Crippen molar-refractivity contribution in [2.75, 3.05) is 43.5 Å². The Balaban J connectivity index is 1.55. The van der Waals surface area contributed by atoms with Crippen LogP contribution in [0.4, 0.5) is 11.4 Å². The number of nitrogens with zero attached hydrogens (tertiary/aromatic N) is 2. The lowest BCUT2D eigenvalue weighted by Gasteiger charge is -2.36. The third kappa shape index (κ3) is 5.82. The number of amides is 2. The van der Waals surface area contributed by atoms with Gasteiger partial charge in [0.05, 0.1) is 17.2 Å². The Morgan fingerprint density at radius 1 is 1.06 bits per heavy atom. The SMILES string of the molecule is CCC(=O)N1CCN(c2ccc(NC(=S)NC(=O)c3cc(Cl)c(OC)c(Cl)c3)cc2)CC1. The summed E-state index contributed by atoms with van der Waals surface area (Å²) in [7, 11) is 1.45. The van der Waals surface area contributed by atoms with Gasteiger partial charge in [0.15, 0.2) is 10.9 Å². The van der Waals surface area contributed by atoms with E-state index < -0.39 is 5.91 Å². The minimum absolute atomic E-state index is 0.150. The van der Waals surface area contributed by atoms with E-state index in [1.165, 1.54) is 19.2 Å². The van der Waals surface area contributed by atoms with Crippen molar-refractivity contribution in [3.05, 3.63) is 52.0 Å². The number of halogens is 2. The van der Waals surface area contributed by atoms with Gasteiger partial charge in [0.25, 0.3) is 5.91 Å². The molecule has 170 valence electrons. The number of hydrogen-bond acceptors (Lipinski definition) is 5. The van der Waals surface area contributed by atoms with Crippen molar-refractivity contribution in [2.24, 2.45) is 0 Å². The molecule has 1 saturated heterocycles. The van der Waals surface area contributed by atoms with Crippen LogP contribution in [0.25, 0.3) is 0 Å². The summed E-state index contributed by atoms with van der Waals surface area (Å²) in [6, 6.07) is 10.7. The van der Waals surface area contributed by atoms with Crippen molar-refractivity contribution >= 4 is 63.7 Å². The fourth-order valence-corrected chi connectivity index (χ4v) is 4.27. The number of hydrogen-bond donors (Lipinski definition) is 2. The second kappa shape index (κ2) is 10.8. The number of nitrogens with one attached hydrogen (secondary N) is 2. The number of thiocarbonyl (C=S) groups is 1. The second-order valence-electron chi connectivity index (χ2n) is 7.15. The molecule has 1 aliphatic rings. The monoisotopic (exact) mass is 494 g/mol. The third-order valence-corrected chi connectivity index (χ3v) is 5.88. The number of benzene rings is 2. The quantitative estimate of drug-likeness (QED) is 0.607. The summed E-state index contributed by atoms with van der Waals surface area (Å²) in [5, 5.41) is 6.22. The van der Waals surface area contributed by atoms with E-state index >= 15 is 0 Å². The molecular weight excluding hydrogens is 471 g/mol. The van der Waals surface area contributed by atoms with Crippen molar-refractivity contribution in [3.8, 4) is 5.75 Å².